The summed E-state index contributed by atoms with van der Waals surface area (Å²) in [5, 5.41) is 14.2. The minimum atomic E-state index is -4.12. The van der Waals surface area contributed by atoms with Crippen LogP contribution in [0.1, 0.15) is 31.9 Å². The van der Waals surface area contributed by atoms with Crippen molar-refractivity contribution in [2.75, 3.05) is 17.1 Å². The molecule has 0 bridgehead atoms. The number of carbonyl (C=O) groups excluding carboxylic acids is 2. The number of nitro benzene ring substituents is 1. The van der Waals surface area contributed by atoms with Crippen LogP contribution in [-0.4, -0.2) is 54.4 Å². The van der Waals surface area contributed by atoms with Crippen molar-refractivity contribution in [1.29, 1.82) is 0 Å². The van der Waals surface area contributed by atoms with Crippen LogP contribution in [-0.2, 0) is 32.6 Å². The average Bonchev–Trinajstić information content (AvgIpc) is 2.89. The van der Waals surface area contributed by atoms with Crippen molar-refractivity contribution in [3.63, 3.8) is 0 Å². The Hall–Kier alpha value is -4.32. The second kappa shape index (κ2) is 12.9. The van der Waals surface area contributed by atoms with E-state index in [1.54, 1.807) is 57.2 Å². The van der Waals surface area contributed by atoms with E-state index in [4.69, 9.17) is 0 Å². The van der Waals surface area contributed by atoms with Gasteiger partial charge in [0.25, 0.3) is 5.69 Å². The largest absolute Gasteiger partial charge is 0.350 e. The zero-order valence-electron chi connectivity index (χ0n) is 23.3. The molecule has 0 saturated heterocycles. The highest BCUT2D eigenvalue weighted by molar-refractivity contribution is 7.92. The van der Waals surface area contributed by atoms with Crippen LogP contribution < -0.4 is 9.62 Å². The lowest BCUT2D eigenvalue weighted by Crippen LogP contribution is -2.56. The molecule has 12 heteroatoms. The fourth-order valence-corrected chi connectivity index (χ4v) is 5.03. The molecular weight excluding hydrogens is 551 g/mol. The third kappa shape index (κ3) is 8.84. The lowest BCUT2D eigenvalue weighted by molar-refractivity contribution is -0.384. The van der Waals surface area contributed by atoms with Crippen LogP contribution in [0, 0.1) is 15.9 Å². The van der Waals surface area contributed by atoms with E-state index in [0.717, 1.165) is 27.1 Å². The third-order valence-electron chi connectivity index (χ3n) is 6.08. The van der Waals surface area contributed by atoms with Crippen LogP contribution in [0.15, 0.2) is 78.9 Å². The zero-order valence-corrected chi connectivity index (χ0v) is 24.1. The molecule has 10 nitrogen and oxygen atoms in total. The van der Waals surface area contributed by atoms with E-state index in [1.165, 1.54) is 36.4 Å². The number of amides is 2. The standard InChI is InChI=1S/C29H33FN4O6S/c1-29(2,3)31-28(36)26(17-21-11-6-5-7-12-21)32(19-22-13-8-9-16-25(22)30)27(35)20-33(41(4,39)40)23-14-10-15-24(18-23)34(37)38/h5-16,18,26H,17,19-20H2,1-4H3,(H,31,36). The number of non-ortho nitro benzene ring substituents is 1. The van der Waals surface area contributed by atoms with Crippen LogP contribution in [0.4, 0.5) is 15.8 Å². The number of nitro groups is 1. The first kappa shape index (κ1) is 31.2. The molecule has 1 unspecified atom stereocenters. The van der Waals surface area contributed by atoms with E-state index < -0.39 is 50.7 Å². The van der Waals surface area contributed by atoms with E-state index in [0.29, 0.717) is 0 Å². The van der Waals surface area contributed by atoms with Crippen molar-refractivity contribution in [2.24, 2.45) is 0 Å². The molecule has 1 N–H and O–H groups in total. The molecule has 0 aliphatic heterocycles. The van der Waals surface area contributed by atoms with Crippen LogP contribution in [0.25, 0.3) is 0 Å². The van der Waals surface area contributed by atoms with Gasteiger partial charge in [-0.05, 0) is 38.5 Å². The predicted octanol–water partition coefficient (Wildman–Crippen LogP) is 4.05. The quantitative estimate of drug-likeness (QED) is 0.267. The first-order chi connectivity index (χ1) is 19.2. The summed E-state index contributed by atoms with van der Waals surface area (Å²) >= 11 is 0. The molecule has 0 radical (unpaired) electrons. The summed E-state index contributed by atoms with van der Waals surface area (Å²) in [4.78, 5) is 39.4. The van der Waals surface area contributed by atoms with Crippen LogP contribution in [0.3, 0.4) is 0 Å². The van der Waals surface area contributed by atoms with Gasteiger partial charge in [-0.25, -0.2) is 12.8 Å². The van der Waals surface area contributed by atoms with Gasteiger partial charge in [0, 0.05) is 36.2 Å². The van der Waals surface area contributed by atoms with E-state index in [1.807, 2.05) is 0 Å². The molecule has 41 heavy (non-hydrogen) atoms. The van der Waals surface area contributed by atoms with Crippen LogP contribution in [0.2, 0.25) is 0 Å². The van der Waals surface area contributed by atoms with Crippen molar-refractivity contribution >= 4 is 33.2 Å². The zero-order chi connectivity index (χ0) is 30.4. The highest BCUT2D eigenvalue weighted by Gasteiger charge is 2.35. The van der Waals surface area contributed by atoms with Crippen LogP contribution in [0.5, 0.6) is 0 Å². The molecule has 0 aliphatic rings. The molecule has 1 atom stereocenters. The smallest absolute Gasteiger partial charge is 0.271 e. The number of nitrogens with zero attached hydrogens (tertiary/aromatic N) is 3. The molecule has 3 aromatic carbocycles. The summed E-state index contributed by atoms with van der Waals surface area (Å²) in [6.45, 7) is 4.24. The van der Waals surface area contributed by atoms with Crippen LogP contribution >= 0.6 is 0 Å². The molecule has 0 aromatic heterocycles. The number of hydrogen-bond acceptors (Lipinski definition) is 6. The maximum atomic E-state index is 14.8. The summed E-state index contributed by atoms with van der Waals surface area (Å²) < 4.78 is 41.2. The Balaban J connectivity index is 2.10. The first-order valence-electron chi connectivity index (χ1n) is 12.8. The summed E-state index contributed by atoms with van der Waals surface area (Å²) in [7, 11) is -4.12. The molecule has 0 spiro atoms. The molecule has 3 rings (SSSR count). The lowest BCUT2D eigenvalue weighted by Gasteiger charge is -2.35. The van der Waals surface area contributed by atoms with Crippen molar-refractivity contribution in [2.45, 2.75) is 45.3 Å². The number of anilines is 1. The number of halogens is 1. The first-order valence-corrected chi connectivity index (χ1v) is 14.6. The molecule has 0 fully saturated rings. The van der Waals surface area contributed by atoms with E-state index in [2.05, 4.69) is 5.32 Å². The SMILES string of the molecule is CC(C)(C)NC(=O)C(Cc1ccccc1)N(Cc1ccccc1F)C(=O)CN(c1cccc([N+](=O)[O-])c1)S(C)(=O)=O. The van der Waals surface area contributed by atoms with E-state index in [-0.39, 0.29) is 29.9 Å². The Morgan fingerprint density at radius 2 is 1.63 bits per heavy atom. The van der Waals surface area contributed by atoms with E-state index >= 15 is 0 Å². The van der Waals surface area contributed by atoms with Crippen molar-refractivity contribution in [1.82, 2.24) is 10.2 Å². The Labute approximate surface area is 239 Å². The fourth-order valence-electron chi connectivity index (χ4n) is 4.19. The highest BCUT2D eigenvalue weighted by atomic mass is 32.2. The Morgan fingerprint density at radius 1 is 1.00 bits per heavy atom. The van der Waals surface area contributed by atoms with Gasteiger partial charge in [-0.2, -0.15) is 0 Å². The van der Waals surface area contributed by atoms with Gasteiger partial charge in [0.05, 0.1) is 16.9 Å². The van der Waals surface area contributed by atoms with Gasteiger partial charge in [-0.3, -0.25) is 24.0 Å². The maximum Gasteiger partial charge on any atom is 0.271 e. The summed E-state index contributed by atoms with van der Waals surface area (Å²) in [6.07, 6.45) is 0.937. The highest BCUT2D eigenvalue weighted by Crippen LogP contribution is 2.24. The summed E-state index contributed by atoms with van der Waals surface area (Å²) in [5.74, 6) is -1.90. The number of benzene rings is 3. The van der Waals surface area contributed by atoms with Gasteiger partial charge in [0.1, 0.15) is 18.4 Å². The third-order valence-corrected chi connectivity index (χ3v) is 7.22. The molecule has 0 saturated carbocycles. The second-order valence-electron chi connectivity index (χ2n) is 10.6. The number of rotatable bonds is 11. The lowest BCUT2D eigenvalue weighted by atomic mass is 10.0. The number of nitrogens with one attached hydrogen (secondary N) is 1. The average molecular weight is 585 g/mol. The number of sulfonamides is 1. The number of hydrogen-bond donors (Lipinski definition) is 1. The van der Waals surface area contributed by atoms with Crippen molar-refractivity contribution in [3.05, 3.63) is 106 Å². The fraction of sp³-hybridized carbons (Fsp3) is 0.310. The normalized spacial score (nSPS) is 12.3. The van der Waals surface area contributed by atoms with Gasteiger partial charge in [0.15, 0.2) is 0 Å². The monoisotopic (exact) mass is 584 g/mol. The summed E-state index contributed by atoms with van der Waals surface area (Å²) in [6, 6.07) is 18.5. The molecule has 0 heterocycles. The molecule has 218 valence electrons. The molecule has 3 aromatic rings. The Bertz CT molecular complexity index is 1510. The molecule has 2 amide bonds. The molecule has 0 aliphatic carbocycles. The van der Waals surface area contributed by atoms with Crippen molar-refractivity contribution in [3.8, 4) is 0 Å². The predicted molar refractivity (Wildman–Crippen MR) is 154 cm³/mol. The van der Waals surface area contributed by atoms with Gasteiger partial charge in [-0.1, -0.05) is 54.6 Å². The van der Waals surface area contributed by atoms with Gasteiger partial charge < -0.3 is 10.2 Å². The second-order valence-corrected chi connectivity index (χ2v) is 12.5. The van der Waals surface area contributed by atoms with Gasteiger partial charge in [-0.15, -0.1) is 0 Å². The minimum Gasteiger partial charge on any atom is -0.350 e. The Morgan fingerprint density at radius 3 is 2.22 bits per heavy atom. The molecular formula is C29H33FN4O6S. The van der Waals surface area contributed by atoms with E-state index in [9.17, 15) is 32.5 Å². The Kier molecular flexibility index (Phi) is 9.82. The maximum absolute atomic E-state index is 14.8. The van der Waals surface area contributed by atoms with Gasteiger partial charge in [0.2, 0.25) is 21.8 Å². The topological polar surface area (TPSA) is 130 Å². The van der Waals surface area contributed by atoms with Crippen molar-refractivity contribution < 1.29 is 27.3 Å². The van der Waals surface area contributed by atoms with Gasteiger partial charge >= 0.3 is 0 Å². The number of carbonyl (C=O) groups is 2. The minimum absolute atomic E-state index is 0.0681. The summed E-state index contributed by atoms with van der Waals surface area (Å²) in [5.41, 5.74) is -0.270.